The number of carbonyl (C=O) groups is 2. The van der Waals surface area contributed by atoms with Crippen LogP contribution < -0.4 is 16.6 Å². The fraction of sp³-hybridized carbons (Fsp3) is 0.467. The van der Waals surface area contributed by atoms with E-state index in [0.29, 0.717) is 12.1 Å². The number of nitrogen functional groups attached to an aromatic ring is 1. The fourth-order valence-corrected chi connectivity index (χ4v) is 2.72. The van der Waals surface area contributed by atoms with Crippen molar-refractivity contribution < 1.29 is 9.59 Å². The Morgan fingerprint density at radius 1 is 1.29 bits per heavy atom. The van der Waals surface area contributed by atoms with E-state index in [0.717, 1.165) is 31.4 Å². The Labute approximate surface area is 124 Å². The number of hydrogen-bond donors (Lipinski definition) is 3. The maximum atomic E-state index is 11.9. The van der Waals surface area contributed by atoms with Crippen molar-refractivity contribution in [1.82, 2.24) is 15.6 Å². The first kappa shape index (κ1) is 15.5. The van der Waals surface area contributed by atoms with Gasteiger partial charge in [-0.2, -0.15) is 0 Å². The average Bonchev–Trinajstić information content (AvgIpc) is 2.54. The van der Waals surface area contributed by atoms with E-state index >= 15 is 0 Å². The van der Waals surface area contributed by atoms with E-state index in [4.69, 9.17) is 5.84 Å². The number of nitrogens with zero attached hydrogens (tertiary/aromatic N) is 1. The zero-order chi connectivity index (χ0) is 15.2. The van der Waals surface area contributed by atoms with E-state index < -0.39 is 0 Å². The van der Waals surface area contributed by atoms with Crippen LogP contribution in [0.2, 0.25) is 0 Å². The summed E-state index contributed by atoms with van der Waals surface area (Å²) in [4.78, 5) is 25.5. The van der Waals surface area contributed by atoms with Crippen LogP contribution in [0.25, 0.3) is 0 Å². The molecule has 1 aliphatic heterocycles. The van der Waals surface area contributed by atoms with Crippen LogP contribution in [0, 0.1) is 0 Å². The van der Waals surface area contributed by atoms with Crippen molar-refractivity contribution in [2.24, 2.45) is 5.84 Å². The van der Waals surface area contributed by atoms with Gasteiger partial charge < -0.3 is 5.32 Å². The summed E-state index contributed by atoms with van der Waals surface area (Å²) in [6.07, 6.45) is 3.10. The van der Waals surface area contributed by atoms with Crippen LogP contribution in [0.3, 0.4) is 0 Å². The van der Waals surface area contributed by atoms with Crippen molar-refractivity contribution >= 4 is 11.8 Å². The van der Waals surface area contributed by atoms with Gasteiger partial charge >= 0.3 is 0 Å². The maximum Gasteiger partial charge on any atom is 0.265 e. The first-order valence-corrected chi connectivity index (χ1v) is 7.21. The summed E-state index contributed by atoms with van der Waals surface area (Å²) < 4.78 is 0. The van der Waals surface area contributed by atoms with Gasteiger partial charge in [0, 0.05) is 19.2 Å². The highest BCUT2D eigenvalue weighted by atomic mass is 16.2. The van der Waals surface area contributed by atoms with E-state index in [-0.39, 0.29) is 17.9 Å². The number of hydrazine groups is 1. The van der Waals surface area contributed by atoms with E-state index in [1.807, 2.05) is 12.1 Å². The molecule has 2 amide bonds. The molecular formula is C15H22N4O2. The lowest BCUT2D eigenvalue weighted by molar-refractivity contribution is -0.127. The molecule has 21 heavy (non-hydrogen) atoms. The van der Waals surface area contributed by atoms with Gasteiger partial charge in [-0.05, 0) is 37.1 Å². The third-order valence-corrected chi connectivity index (χ3v) is 3.90. The van der Waals surface area contributed by atoms with E-state index in [2.05, 4.69) is 15.6 Å². The Morgan fingerprint density at radius 2 is 2.00 bits per heavy atom. The van der Waals surface area contributed by atoms with E-state index in [1.54, 1.807) is 19.2 Å². The van der Waals surface area contributed by atoms with Crippen LogP contribution in [0.1, 0.15) is 35.2 Å². The van der Waals surface area contributed by atoms with Gasteiger partial charge in [-0.3, -0.25) is 19.9 Å². The van der Waals surface area contributed by atoms with Crippen molar-refractivity contribution in [3.63, 3.8) is 0 Å². The standard InChI is InChI=1S/C15H22N4O2/c1-17-15(21)13-4-2-3-9-19(13)10-11-5-7-12(8-6-11)14(20)18-16/h5-8,13H,2-4,9-10,16H2,1H3,(H,17,21)(H,18,20). The van der Waals surface area contributed by atoms with Gasteiger partial charge in [-0.15, -0.1) is 0 Å². The molecule has 6 nitrogen and oxygen atoms in total. The highest BCUT2D eigenvalue weighted by Crippen LogP contribution is 2.20. The first-order valence-electron chi connectivity index (χ1n) is 7.21. The number of likely N-dealkylation sites (N-methyl/N-ethyl adjacent to an activating group) is 1. The van der Waals surface area contributed by atoms with Gasteiger partial charge in [-0.1, -0.05) is 18.6 Å². The number of amides is 2. The summed E-state index contributed by atoms with van der Waals surface area (Å²) in [5, 5.41) is 2.73. The van der Waals surface area contributed by atoms with Gasteiger partial charge in [0.25, 0.3) is 5.91 Å². The lowest BCUT2D eigenvalue weighted by Crippen LogP contribution is -2.48. The van der Waals surface area contributed by atoms with Gasteiger partial charge in [0.2, 0.25) is 5.91 Å². The van der Waals surface area contributed by atoms with Crippen LogP contribution in [0.15, 0.2) is 24.3 Å². The molecule has 114 valence electrons. The highest BCUT2D eigenvalue weighted by molar-refractivity contribution is 5.93. The predicted molar refractivity (Wildman–Crippen MR) is 80.2 cm³/mol. The first-order chi connectivity index (χ1) is 10.2. The molecule has 4 N–H and O–H groups in total. The molecule has 0 bridgehead atoms. The molecule has 1 aromatic rings. The molecule has 1 heterocycles. The van der Waals surface area contributed by atoms with E-state index in [1.165, 1.54) is 0 Å². The summed E-state index contributed by atoms with van der Waals surface area (Å²) in [6.45, 7) is 1.63. The fourth-order valence-electron chi connectivity index (χ4n) is 2.72. The molecule has 2 rings (SSSR count). The topological polar surface area (TPSA) is 87.5 Å². The van der Waals surface area contributed by atoms with Crippen molar-refractivity contribution in [1.29, 1.82) is 0 Å². The van der Waals surface area contributed by atoms with Gasteiger partial charge in [0.1, 0.15) is 0 Å². The number of carbonyl (C=O) groups excluding carboxylic acids is 2. The van der Waals surface area contributed by atoms with Crippen LogP contribution in [-0.4, -0.2) is 36.3 Å². The Hall–Kier alpha value is -1.92. The average molecular weight is 290 g/mol. The van der Waals surface area contributed by atoms with Crippen LogP contribution >= 0.6 is 0 Å². The summed E-state index contributed by atoms with van der Waals surface area (Å²) >= 11 is 0. The molecule has 1 unspecified atom stereocenters. The zero-order valence-corrected chi connectivity index (χ0v) is 12.3. The Kier molecular flexibility index (Phi) is 5.30. The minimum absolute atomic E-state index is 0.0595. The van der Waals surface area contributed by atoms with Crippen LogP contribution in [0.4, 0.5) is 0 Å². The molecule has 6 heteroatoms. The molecule has 1 aliphatic rings. The zero-order valence-electron chi connectivity index (χ0n) is 12.3. The number of benzene rings is 1. The SMILES string of the molecule is CNC(=O)C1CCCCN1Cc1ccc(C(=O)NN)cc1. The third-order valence-electron chi connectivity index (χ3n) is 3.90. The molecule has 1 fully saturated rings. The normalized spacial score (nSPS) is 19.0. The van der Waals surface area contributed by atoms with Crippen molar-refractivity contribution in [2.45, 2.75) is 31.8 Å². The second kappa shape index (κ2) is 7.19. The van der Waals surface area contributed by atoms with Gasteiger partial charge in [0.15, 0.2) is 0 Å². The molecule has 0 spiro atoms. The molecular weight excluding hydrogens is 268 g/mol. The smallest absolute Gasteiger partial charge is 0.265 e. The van der Waals surface area contributed by atoms with Gasteiger partial charge in [0.05, 0.1) is 6.04 Å². The molecule has 1 aromatic carbocycles. The minimum atomic E-state index is -0.303. The van der Waals surface area contributed by atoms with Gasteiger partial charge in [-0.25, -0.2) is 5.84 Å². The molecule has 1 saturated heterocycles. The largest absolute Gasteiger partial charge is 0.358 e. The molecule has 1 atom stereocenters. The molecule has 0 radical (unpaired) electrons. The summed E-state index contributed by atoms with van der Waals surface area (Å²) in [5.41, 5.74) is 3.72. The molecule has 0 aliphatic carbocycles. The minimum Gasteiger partial charge on any atom is -0.358 e. The number of rotatable bonds is 4. The van der Waals surface area contributed by atoms with Crippen molar-refractivity contribution in [3.05, 3.63) is 35.4 Å². The number of hydrogen-bond acceptors (Lipinski definition) is 4. The Balaban J connectivity index is 2.05. The quantitative estimate of drug-likeness (QED) is 0.425. The van der Waals surface area contributed by atoms with Crippen molar-refractivity contribution in [3.8, 4) is 0 Å². The number of likely N-dealkylation sites (tertiary alicyclic amines) is 1. The van der Waals surface area contributed by atoms with Crippen molar-refractivity contribution in [2.75, 3.05) is 13.6 Å². The second-order valence-electron chi connectivity index (χ2n) is 5.27. The Morgan fingerprint density at radius 3 is 2.62 bits per heavy atom. The summed E-state index contributed by atoms with van der Waals surface area (Å²) in [5.74, 6) is 4.88. The predicted octanol–water partition coefficient (Wildman–Crippen LogP) is 0.391. The number of piperidine rings is 1. The maximum absolute atomic E-state index is 11.9. The number of nitrogens with one attached hydrogen (secondary N) is 2. The highest BCUT2D eigenvalue weighted by Gasteiger charge is 2.27. The number of nitrogens with two attached hydrogens (primary N) is 1. The second-order valence-corrected chi connectivity index (χ2v) is 5.27. The third kappa shape index (κ3) is 3.80. The molecule has 0 saturated carbocycles. The lowest BCUT2D eigenvalue weighted by Gasteiger charge is -2.34. The van der Waals surface area contributed by atoms with Crippen LogP contribution in [0.5, 0.6) is 0 Å². The Bertz CT molecular complexity index is 501. The lowest BCUT2D eigenvalue weighted by atomic mass is 10.00. The summed E-state index contributed by atoms with van der Waals surface area (Å²) in [7, 11) is 1.68. The van der Waals surface area contributed by atoms with E-state index in [9.17, 15) is 9.59 Å². The molecule has 0 aromatic heterocycles. The summed E-state index contributed by atoms with van der Waals surface area (Å²) in [6, 6.07) is 7.24. The monoisotopic (exact) mass is 290 g/mol. The van der Waals surface area contributed by atoms with Crippen LogP contribution in [-0.2, 0) is 11.3 Å².